The first-order chi connectivity index (χ1) is 12.5. The first-order valence-corrected chi connectivity index (χ1v) is 10.2. The topological polar surface area (TPSA) is 63.5 Å². The molecule has 2 saturated carbocycles. The van der Waals surface area contributed by atoms with Crippen LogP contribution in [0.5, 0.6) is 0 Å². The SMILES string of the molecule is CCNC(=NCc1c(C)nn(C)c1C)NC1CC(OCC)C12CCCC2. The number of hydrogen-bond acceptors (Lipinski definition) is 3. The molecule has 2 unspecified atom stereocenters. The minimum absolute atomic E-state index is 0.312. The number of nitrogens with zero attached hydrogens (tertiary/aromatic N) is 3. The summed E-state index contributed by atoms with van der Waals surface area (Å²) in [5.41, 5.74) is 3.79. The van der Waals surface area contributed by atoms with Crippen molar-refractivity contribution in [2.45, 2.75) is 78.5 Å². The van der Waals surface area contributed by atoms with Crippen molar-refractivity contribution in [3.05, 3.63) is 17.0 Å². The van der Waals surface area contributed by atoms with Gasteiger partial charge in [-0.1, -0.05) is 12.8 Å². The molecule has 0 amide bonds. The molecule has 1 heterocycles. The van der Waals surface area contributed by atoms with Crippen LogP contribution >= 0.6 is 0 Å². The number of rotatable bonds is 6. The fraction of sp³-hybridized carbons (Fsp3) is 0.800. The fourth-order valence-electron chi connectivity index (χ4n) is 4.78. The van der Waals surface area contributed by atoms with Crippen LogP contribution < -0.4 is 10.6 Å². The van der Waals surface area contributed by atoms with Gasteiger partial charge in [0.1, 0.15) is 0 Å². The second kappa shape index (κ2) is 7.99. The van der Waals surface area contributed by atoms with E-state index >= 15 is 0 Å². The first-order valence-electron chi connectivity index (χ1n) is 10.2. The maximum Gasteiger partial charge on any atom is 0.191 e. The number of guanidine groups is 1. The summed E-state index contributed by atoms with van der Waals surface area (Å²) in [5.74, 6) is 0.918. The molecule has 1 spiro atoms. The lowest BCUT2D eigenvalue weighted by Gasteiger charge is -2.54. The van der Waals surface area contributed by atoms with Gasteiger partial charge in [0.15, 0.2) is 5.96 Å². The van der Waals surface area contributed by atoms with E-state index in [9.17, 15) is 0 Å². The van der Waals surface area contributed by atoms with Crippen LogP contribution in [0.25, 0.3) is 0 Å². The van der Waals surface area contributed by atoms with E-state index in [0.717, 1.165) is 31.2 Å². The van der Waals surface area contributed by atoms with Gasteiger partial charge in [0, 0.05) is 42.9 Å². The first kappa shape index (κ1) is 19.2. The van der Waals surface area contributed by atoms with Gasteiger partial charge in [0.05, 0.1) is 18.3 Å². The zero-order valence-electron chi connectivity index (χ0n) is 17.1. The molecule has 3 rings (SSSR count). The Balaban J connectivity index is 1.70. The highest BCUT2D eigenvalue weighted by molar-refractivity contribution is 5.80. The minimum atomic E-state index is 0.312. The van der Waals surface area contributed by atoms with Crippen LogP contribution in [-0.2, 0) is 18.3 Å². The lowest BCUT2D eigenvalue weighted by molar-refractivity contribution is -0.125. The van der Waals surface area contributed by atoms with Gasteiger partial charge in [-0.15, -0.1) is 0 Å². The van der Waals surface area contributed by atoms with Crippen molar-refractivity contribution in [3.63, 3.8) is 0 Å². The van der Waals surface area contributed by atoms with Gasteiger partial charge in [-0.2, -0.15) is 5.10 Å². The van der Waals surface area contributed by atoms with Crippen LogP contribution in [0.4, 0.5) is 0 Å². The summed E-state index contributed by atoms with van der Waals surface area (Å²) in [5, 5.41) is 11.6. The van der Waals surface area contributed by atoms with E-state index in [1.807, 2.05) is 11.7 Å². The van der Waals surface area contributed by atoms with Crippen LogP contribution in [0.15, 0.2) is 4.99 Å². The van der Waals surface area contributed by atoms with Gasteiger partial charge < -0.3 is 15.4 Å². The molecular formula is C20H35N5O. The Labute approximate surface area is 157 Å². The van der Waals surface area contributed by atoms with Crippen molar-refractivity contribution in [2.75, 3.05) is 13.2 Å². The smallest absolute Gasteiger partial charge is 0.191 e. The van der Waals surface area contributed by atoms with Crippen molar-refractivity contribution < 1.29 is 4.74 Å². The third kappa shape index (κ3) is 3.48. The van der Waals surface area contributed by atoms with Crippen molar-refractivity contribution in [1.29, 1.82) is 0 Å². The van der Waals surface area contributed by atoms with Gasteiger partial charge in [-0.25, -0.2) is 4.99 Å². The molecule has 6 nitrogen and oxygen atoms in total. The summed E-state index contributed by atoms with van der Waals surface area (Å²) >= 11 is 0. The highest BCUT2D eigenvalue weighted by Crippen LogP contribution is 2.54. The van der Waals surface area contributed by atoms with Crippen molar-refractivity contribution in [3.8, 4) is 0 Å². The molecule has 6 heteroatoms. The van der Waals surface area contributed by atoms with Crippen LogP contribution in [0, 0.1) is 19.3 Å². The van der Waals surface area contributed by atoms with Gasteiger partial charge >= 0.3 is 0 Å². The molecule has 146 valence electrons. The molecule has 2 atom stereocenters. The molecular weight excluding hydrogens is 326 g/mol. The molecule has 0 radical (unpaired) electrons. The Bertz CT molecular complexity index is 645. The quantitative estimate of drug-likeness (QED) is 0.604. The zero-order valence-corrected chi connectivity index (χ0v) is 17.1. The van der Waals surface area contributed by atoms with E-state index in [2.05, 4.69) is 43.4 Å². The van der Waals surface area contributed by atoms with E-state index in [1.54, 1.807) is 0 Å². The van der Waals surface area contributed by atoms with Gasteiger partial charge in [0.2, 0.25) is 0 Å². The number of hydrogen-bond donors (Lipinski definition) is 2. The number of aryl methyl sites for hydroxylation is 2. The molecule has 0 aliphatic heterocycles. The summed E-state index contributed by atoms with van der Waals surface area (Å²) in [7, 11) is 1.99. The standard InChI is InChI=1S/C20H35N5O/c1-6-21-19(22-13-16-14(3)24-25(5)15(16)4)23-17-12-18(26-7-2)20(17)10-8-9-11-20/h17-18H,6-13H2,1-5H3,(H2,21,22,23). The third-order valence-corrected chi connectivity index (χ3v) is 6.40. The van der Waals surface area contributed by atoms with Crippen LogP contribution in [0.1, 0.15) is 62.9 Å². The maximum absolute atomic E-state index is 6.04. The number of ether oxygens (including phenoxy) is 1. The van der Waals surface area contributed by atoms with Gasteiger partial charge in [-0.3, -0.25) is 4.68 Å². The van der Waals surface area contributed by atoms with Crippen LogP contribution in [-0.4, -0.2) is 41.0 Å². The lowest BCUT2D eigenvalue weighted by atomic mass is 9.60. The third-order valence-electron chi connectivity index (χ3n) is 6.40. The Morgan fingerprint density at radius 2 is 2.04 bits per heavy atom. The van der Waals surface area contributed by atoms with E-state index in [4.69, 9.17) is 9.73 Å². The molecule has 0 saturated heterocycles. The normalized spacial score (nSPS) is 24.7. The van der Waals surface area contributed by atoms with E-state index < -0.39 is 0 Å². The van der Waals surface area contributed by atoms with Crippen molar-refractivity contribution >= 4 is 5.96 Å². The summed E-state index contributed by atoms with van der Waals surface area (Å²) in [6.07, 6.45) is 6.69. The minimum Gasteiger partial charge on any atom is -0.378 e. The average molecular weight is 362 g/mol. The summed E-state index contributed by atoms with van der Waals surface area (Å²) in [4.78, 5) is 4.87. The second-order valence-electron chi connectivity index (χ2n) is 7.79. The monoisotopic (exact) mass is 361 g/mol. The molecule has 0 aromatic carbocycles. The molecule has 1 aromatic rings. The summed E-state index contributed by atoms with van der Waals surface area (Å²) in [6.45, 7) is 10.7. The molecule has 2 N–H and O–H groups in total. The summed E-state index contributed by atoms with van der Waals surface area (Å²) < 4.78 is 7.98. The number of aromatic nitrogens is 2. The lowest BCUT2D eigenvalue weighted by Crippen LogP contribution is -2.65. The van der Waals surface area contributed by atoms with E-state index in [-0.39, 0.29) is 0 Å². The Morgan fingerprint density at radius 3 is 2.62 bits per heavy atom. The Morgan fingerprint density at radius 1 is 1.31 bits per heavy atom. The maximum atomic E-state index is 6.04. The molecule has 26 heavy (non-hydrogen) atoms. The Kier molecular flexibility index (Phi) is 5.90. The molecule has 2 fully saturated rings. The largest absolute Gasteiger partial charge is 0.378 e. The van der Waals surface area contributed by atoms with Gasteiger partial charge in [0.25, 0.3) is 0 Å². The van der Waals surface area contributed by atoms with Crippen molar-refractivity contribution in [2.24, 2.45) is 17.5 Å². The molecule has 0 bridgehead atoms. The zero-order chi connectivity index (χ0) is 18.7. The van der Waals surface area contributed by atoms with E-state index in [0.29, 0.717) is 24.1 Å². The Hall–Kier alpha value is -1.56. The van der Waals surface area contributed by atoms with Crippen LogP contribution in [0.3, 0.4) is 0 Å². The number of nitrogens with one attached hydrogen (secondary N) is 2. The fourth-order valence-corrected chi connectivity index (χ4v) is 4.78. The van der Waals surface area contributed by atoms with E-state index in [1.165, 1.54) is 36.9 Å². The van der Waals surface area contributed by atoms with Crippen LogP contribution in [0.2, 0.25) is 0 Å². The van der Waals surface area contributed by atoms with Gasteiger partial charge in [-0.05, 0) is 47.0 Å². The highest BCUT2D eigenvalue weighted by atomic mass is 16.5. The second-order valence-corrected chi connectivity index (χ2v) is 7.79. The highest BCUT2D eigenvalue weighted by Gasteiger charge is 2.56. The summed E-state index contributed by atoms with van der Waals surface area (Å²) in [6, 6.07) is 0.468. The average Bonchev–Trinajstić information content (AvgIpc) is 3.21. The van der Waals surface area contributed by atoms with Crippen molar-refractivity contribution in [1.82, 2.24) is 20.4 Å². The molecule has 1 aromatic heterocycles. The predicted octanol–water partition coefficient (Wildman–Crippen LogP) is 2.83. The number of aliphatic imine (C=N–C) groups is 1. The molecule has 2 aliphatic carbocycles. The predicted molar refractivity (Wildman–Crippen MR) is 105 cm³/mol. The molecule has 2 aliphatic rings.